The summed E-state index contributed by atoms with van der Waals surface area (Å²) < 4.78 is 1.03. The number of anilines is 2. The minimum absolute atomic E-state index is 0.237. The number of aryl methyl sites for hydroxylation is 1. The lowest BCUT2D eigenvalue weighted by atomic mass is 10.2. The lowest BCUT2D eigenvalue weighted by molar-refractivity contribution is 0.0945. The number of amides is 1. The van der Waals surface area contributed by atoms with Crippen LogP contribution in [0.3, 0.4) is 0 Å². The van der Waals surface area contributed by atoms with E-state index in [0.717, 1.165) is 27.1 Å². The van der Waals surface area contributed by atoms with Gasteiger partial charge in [-0.05, 0) is 48.9 Å². The van der Waals surface area contributed by atoms with Gasteiger partial charge in [0.1, 0.15) is 5.69 Å². The van der Waals surface area contributed by atoms with Crippen molar-refractivity contribution in [1.29, 1.82) is 0 Å². The summed E-state index contributed by atoms with van der Waals surface area (Å²) in [6.07, 6.45) is 3.31. The van der Waals surface area contributed by atoms with Crippen LogP contribution in [0, 0.1) is 6.92 Å². The number of hydrogen-bond donors (Lipinski definition) is 2. The second-order valence-corrected chi connectivity index (χ2v) is 6.38. The first-order chi connectivity index (χ1) is 12.1. The van der Waals surface area contributed by atoms with Gasteiger partial charge in [0.05, 0.1) is 12.2 Å². The van der Waals surface area contributed by atoms with Crippen LogP contribution in [0.2, 0.25) is 0 Å². The number of halogens is 1. The Morgan fingerprint density at radius 1 is 1.04 bits per heavy atom. The maximum Gasteiger partial charge on any atom is 0.270 e. The molecule has 5 nitrogen and oxygen atoms in total. The highest BCUT2D eigenvalue weighted by Gasteiger charge is 2.08. The van der Waals surface area contributed by atoms with E-state index in [-0.39, 0.29) is 5.91 Å². The Morgan fingerprint density at radius 3 is 2.64 bits per heavy atom. The van der Waals surface area contributed by atoms with Crippen molar-refractivity contribution in [2.75, 3.05) is 5.32 Å². The van der Waals surface area contributed by atoms with Gasteiger partial charge in [-0.1, -0.05) is 28.1 Å². The van der Waals surface area contributed by atoms with Gasteiger partial charge in [-0.15, -0.1) is 0 Å². The van der Waals surface area contributed by atoms with Crippen LogP contribution >= 0.6 is 15.9 Å². The van der Waals surface area contributed by atoms with Gasteiger partial charge in [0.25, 0.3) is 5.91 Å². The highest BCUT2D eigenvalue weighted by molar-refractivity contribution is 9.10. The van der Waals surface area contributed by atoms with E-state index in [9.17, 15) is 4.79 Å². The molecule has 2 aromatic heterocycles. The highest BCUT2D eigenvalue weighted by Crippen LogP contribution is 2.23. The van der Waals surface area contributed by atoms with Gasteiger partial charge >= 0.3 is 0 Å². The molecule has 3 aromatic rings. The van der Waals surface area contributed by atoms with Crippen LogP contribution < -0.4 is 10.6 Å². The third kappa shape index (κ3) is 4.64. The van der Waals surface area contributed by atoms with Gasteiger partial charge in [0.2, 0.25) is 0 Å². The molecule has 0 saturated carbocycles. The number of rotatable bonds is 5. The van der Waals surface area contributed by atoms with E-state index in [1.54, 1.807) is 18.5 Å². The normalized spacial score (nSPS) is 10.3. The first kappa shape index (κ1) is 17.1. The van der Waals surface area contributed by atoms with Gasteiger partial charge in [-0.25, -0.2) is 0 Å². The van der Waals surface area contributed by atoms with E-state index in [2.05, 4.69) is 36.5 Å². The second-order valence-electron chi connectivity index (χ2n) is 5.52. The van der Waals surface area contributed by atoms with Crippen LogP contribution in [0.5, 0.6) is 0 Å². The molecular formula is C19H17BrN4O. The van der Waals surface area contributed by atoms with Crippen LogP contribution in [0.25, 0.3) is 0 Å². The summed E-state index contributed by atoms with van der Waals surface area (Å²) in [6, 6.07) is 15.1. The fourth-order valence-corrected chi connectivity index (χ4v) is 2.61. The molecule has 2 N–H and O–H groups in total. The zero-order valence-corrected chi connectivity index (χ0v) is 15.2. The third-order valence-corrected chi connectivity index (χ3v) is 4.46. The fraction of sp³-hybridized carbons (Fsp3) is 0.105. The zero-order chi connectivity index (χ0) is 17.6. The van der Waals surface area contributed by atoms with Crippen LogP contribution in [-0.2, 0) is 6.54 Å². The summed E-state index contributed by atoms with van der Waals surface area (Å²) in [5.41, 5.74) is 4.05. The lowest BCUT2D eigenvalue weighted by Gasteiger charge is -2.09. The first-order valence-corrected chi connectivity index (χ1v) is 8.58. The van der Waals surface area contributed by atoms with E-state index in [4.69, 9.17) is 0 Å². The Bertz CT molecular complexity index is 884. The number of hydrogen-bond acceptors (Lipinski definition) is 4. The van der Waals surface area contributed by atoms with E-state index in [1.165, 1.54) is 0 Å². The summed E-state index contributed by atoms with van der Waals surface area (Å²) in [5.74, 6) is -0.237. The predicted octanol–water partition coefficient (Wildman–Crippen LogP) is 4.22. The summed E-state index contributed by atoms with van der Waals surface area (Å²) in [5, 5.41) is 6.10. The molecule has 1 aromatic carbocycles. The summed E-state index contributed by atoms with van der Waals surface area (Å²) in [7, 11) is 0. The van der Waals surface area contributed by atoms with Gasteiger partial charge in [-0.2, -0.15) is 0 Å². The number of carbonyl (C=O) groups is 1. The molecule has 0 atom stereocenters. The summed E-state index contributed by atoms with van der Waals surface area (Å²) >= 11 is 3.52. The molecule has 126 valence electrons. The van der Waals surface area contributed by atoms with Crippen molar-refractivity contribution in [3.05, 3.63) is 82.3 Å². The molecule has 25 heavy (non-hydrogen) atoms. The summed E-state index contributed by atoms with van der Waals surface area (Å²) in [4.78, 5) is 20.6. The predicted molar refractivity (Wildman–Crippen MR) is 102 cm³/mol. The molecular weight excluding hydrogens is 380 g/mol. The second kappa shape index (κ2) is 7.90. The average Bonchev–Trinajstić information content (AvgIpc) is 2.64. The monoisotopic (exact) mass is 396 g/mol. The molecule has 0 aliphatic rings. The molecule has 0 aliphatic heterocycles. The number of aromatic nitrogens is 2. The maximum absolute atomic E-state index is 12.3. The molecule has 2 heterocycles. The Balaban J connectivity index is 1.68. The van der Waals surface area contributed by atoms with E-state index in [1.807, 2.05) is 49.4 Å². The van der Waals surface area contributed by atoms with Crippen LogP contribution in [0.15, 0.2) is 65.4 Å². The molecule has 0 bridgehead atoms. The molecule has 0 aliphatic carbocycles. The minimum atomic E-state index is -0.237. The average molecular weight is 397 g/mol. The van der Waals surface area contributed by atoms with Crippen molar-refractivity contribution >= 4 is 33.2 Å². The van der Waals surface area contributed by atoms with Gasteiger partial charge in [0.15, 0.2) is 0 Å². The fourth-order valence-electron chi connectivity index (χ4n) is 2.23. The Hall–Kier alpha value is -2.73. The van der Waals surface area contributed by atoms with Crippen molar-refractivity contribution in [2.45, 2.75) is 13.5 Å². The Labute approximate surface area is 154 Å². The maximum atomic E-state index is 12.3. The van der Waals surface area contributed by atoms with Crippen LogP contribution in [0.1, 0.15) is 21.7 Å². The molecule has 0 radical (unpaired) electrons. The highest BCUT2D eigenvalue weighted by atomic mass is 79.9. The topological polar surface area (TPSA) is 66.9 Å². The van der Waals surface area contributed by atoms with Crippen LogP contribution in [0.4, 0.5) is 11.4 Å². The van der Waals surface area contributed by atoms with Crippen molar-refractivity contribution in [3.63, 3.8) is 0 Å². The largest absolute Gasteiger partial charge is 0.355 e. The number of nitrogens with zero attached hydrogens (tertiary/aromatic N) is 2. The van der Waals surface area contributed by atoms with Crippen molar-refractivity contribution in [2.24, 2.45) is 0 Å². The number of benzene rings is 1. The first-order valence-electron chi connectivity index (χ1n) is 7.79. The third-order valence-electron chi connectivity index (χ3n) is 3.61. The molecule has 0 unspecified atom stereocenters. The van der Waals surface area contributed by atoms with Gasteiger partial charge in [-0.3, -0.25) is 14.8 Å². The van der Waals surface area contributed by atoms with Gasteiger partial charge in [0, 0.05) is 28.2 Å². The van der Waals surface area contributed by atoms with Crippen molar-refractivity contribution in [1.82, 2.24) is 15.3 Å². The molecule has 0 saturated heterocycles. The quantitative estimate of drug-likeness (QED) is 0.677. The zero-order valence-electron chi connectivity index (χ0n) is 13.7. The smallest absolute Gasteiger partial charge is 0.270 e. The Morgan fingerprint density at radius 2 is 1.88 bits per heavy atom. The Kier molecular flexibility index (Phi) is 5.40. The van der Waals surface area contributed by atoms with Crippen molar-refractivity contribution in [3.8, 4) is 0 Å². The van der Waals surface area contributed by atoms with Gasteiger partial charge < -0.3 is 10.6 Å². The number of pyridine rings is 2. The molecule has 6 heteroatoms. The SMILES string of the molecule is Cc1ccc(Nc2ccnc(C(=O)NCc3ccccn3)c2)cc1Br. The molecule has 1 amide bonds. The van der Waals surface area contributed by atoms with Crippen LogP contribution in [-0.4, -0.2) is 15.9 Å². The summed E-state index contributed by atoms with van der Waals surface area (Å²) in [6.45, 7) is 2.40. The van der Waals surface area contributed by atoms with E-state index in [0.29, 0.717) is 12.2 Å². The van der Waals surface area contributed by atoms with E-state index >= 15 is 0 Å². The standard InChI is InChI=1S/C19H17BrN4O/c1-13-5-6-14(10-17(13)20)24-15-7-9-22-18(11-15)19(25)23-12-16-4-2-3-8-21-16/h2-11H,12H2,1H3,(H,22,24)(H,23,25). The van der Waals surface area contributed by atoms with Crippen molar-refractivity contribution < 1.29 is 4.79 Å². The number of carbonyl (C=O) groups excluding carboxylic acids is 1. The minimum Gasteiger partial charge on any atom is -0.355 e. The molecule has 0 spiro atoms. The molecule has 0 fully saturated rings. The lowest BCUT2D eigenvalue weighted by Crippen LogP contribution is -2.24. The van der Waals surface area contributed by atoms with E-state index < -0.39 is 0 Å². The number of nitrogens with one attached hydrogen (secondary N) is 2. The molecule has 3 rings (SSSR count).